The fraction of sp³-hybridized carbons (Fsp3) is 0.263. The maximum Gasteiger partial charge on any atom is 0.251 e. The lowest BCUT2D eigenvalue weighted by molar-refractivity contribution is 0.0953. The van der Waals surface area contributed by atoms with Crippen LogP contribution in [-0.2, 0) is 13.0 Å². The van der Waals surface area contributed by atoms with Crippen LogP contribution in [-0.4, -0.2) is 22.0 Å². The summed E-state index contributed by atoms with van der Waals surface area (Å²) >= 11 is 0. The molecule has 0 saturated heterocycles. The molecule has 0 aliphatic heterocycles. The number of nitrogens with zero attached hydrogens (tertiary/aromatic N) is 2. The van der Waals surface area contributed by atoms with E-state index in [-0.39, 0.29) is 5.91 Å². The number of aryl methyl sites for hydroxylation is 2. The van der Waals surface area contributed by atoms with Gasteiger partial charge in [-0.05, 0) is 43.2 Å². The molecule has 1 amide bonds. The van der Waals surface area contributed by atoms with Crippen molar-refractivity contribution < 1.29 is 9.21 Å². The summed E-state index contributed by atoms with van der Waals surface area (Å²) in [6.45, 7) is 3.37. The van der Waals surface area contributed by atoms with Gasteiger partial charge in [0.25, 0.3) is 5.91 Å². The van der Waals surface area contributed by atoms with Crippen molar-refractivity contribution in [2.75, 3.05) is 6.54 Å². The maximum absolute atomic E-state index is 12.1. The number of carbonyl (C=O) groups excluding carboxylic acids is 1. The van der Waals surface area contributed by atoms with Crippen molar-refractivity contribution in [1.82, 2.24) is 14.9 Å². The third-order valence-electron chi connectivity index (χ3n) is 3.96. The molecule has 0 saturated carbocycles. The van der Waals surface area contributed by atoms with Gasteiger partial charge in [-0.3, -0.25) is 4.79 Å². The smallest absolute Gasteiger partial charge is 0.251 e. The lowest BCUT2D eigenvalue weighted by Crippen LogP contribution is -2.24. The van der Waals surface area contributed by atoms with E-state index in [0.29, 0.717) is 12.1 Å². The second-order valence-corrected chi connectivity index (χ2v) is 5.74. The summed E-state index contributed by atoms with van der Waals surface area (Å²) in [4.78, 5) is 16.3. The molecule has 3 rings (SSSR count). The van der Waals surface area contributed by atoms with Crippen LogP contribution in [0.5, 0.6) is 0 Å². The van der Waals surface area contributed by atoms with Crippen LogP contribution in [0.4, 0.5) is 0 Å². The van der Waals surface area contributed by atoms with Crippen LogP contribution in [0.3, 0.4) is 0 Å². The second-order valence-electron chi connectivity index (χ2n) is 5.74. The third-order valence-corrected chi connectivity index (χ3v) is 3.96. The average molecular weight is 323 g/mol. The molecule has 5 heteroatoms. The van der Waals surface area contributed by atoms with Gasteiger partial charge in [0.2, 0.25) is 0 Å². The van der Waals surface area contributed by atoms with Crippen LogP contribution >= 0.6 is 0 Å². The number of carbonyl (C=O) groups is 1. The van der Waals surface area contributed by atoms with E-state index in [2.05, 4.69) is 14.9 Å². The van der Waals surface area contributed by atoms with Gasteiger partial charge in [-0.25, -0.2) is 4.98 Å². The molecule has 0 spiro atoms. The summed E-state index contributed by atoms with van der Waals surface area (Å²) in [5.41, 5.74) is 1.82. The molecule has 5 nitrogen and oxygen atoms in total. The van der Waals surface area contributed by atoms with Crippen LogP contribution in [0.25, 0.3) is 0 Å². The largest absolute Gasteiger partial charge is 0.469 e. The highest BCUT2D eigenvalue weighted by molar-refractivity contribution is 5.94. The molecule has 0 aliphatic rings. The van der Waals surface area contributed by atoms with Crippen molar-refractivity contribution in [1.29, 1.82) is 0 Å². The number of hydrogen-bond donors (Lipinski definition) is 1. The van der Waals surface area contributed by atoms with Gasteiger partial charge in [0, 0.05) is 37.5 Å². The zero-order valence-corrected chi connectivity index (χ0v) is 13.7. The molecule has 1 N–H and O–H groups in total. The Labute approximate surface area is 141 Å². The lowest BCUT2D eigenvalue weighted by atomic mass is 10.1. The maximum atomic E-state index is 12.1. The predicted molar refractivity (Wildman–Crippen MR) is 91.9 cm³/mol. The van der Waals surface area contributed by atoms with Gasteiger partial charge in [-0.2, -0.15) is 0 Å². The Hall–Kier alpha value is -2.82. The monoisotopic (exact) mass is 323 g/mol. The number of nitrogens with one attached hydrogen (secondary N) is 1. The van der Waals surface area contributed by atoms with E-state index >= 15 is 0 Å². The molecule has 0 unspecified atom stereocenters. The zero-order chi connectivity index (χ0) is 16.8. The highest BCUT2D eigenvalue weighted by Crippen LogP contribution is 2.08. The van der Waals surface area contributed by atoms with Crippen molar-refractivity contribution >= 4 is 5.91 Å². The van der Waals surface area contributed by atoms with Crippen molar-refractivity contribution in [3.8, 4) is 0 Å². The summed E-state index contributed by atoms with van der Waals surface area (Å²) in [6, 6.07) is 11.5. The highest BCUT2D eigenvalue weighted by Gasteiger charge is 2.06. The van der Waals surface area contributed by atoms with E-state index in [4.69, 9.17) is 4.42 Å². The van der Waals surface area contributed by atoms with Gasteiger partial charge in [0.05, 0.1) is 6.26 Å². The number of furan rings is 1. The summed E-state index contributed by atoms with van der Waals surface area (Å²) < 4.78 is 7.34. The third kappa shape index (κ3) is 4.13. The molecule has 124 valence electrons. The molecular weight excluding hydrogens is 302 g/mol. The molecule has 0 aliphatic carbocycles. The number of rotatable bonds is 7. The summed E-state index contributed by atoms with van der Waals surface area (Å²) in [5, 5.41) is 2.94. The fourth-order valence-corrected chi connectivity index (χ4v) is 2.55. The van der Waals surface area contributed by atoms with Gasteiger partial charge in [-0.15, -0.1) is 0 Å². The SMILES string of the molecule is Cc1nccn1Cc1ccc(C(=O)NCCCc2ccco2)cc1. The van der Waals surface area contributed by atoms with Crippen LogP contribution < -0.4 is 5.32 Å². The Morgan fingerprint density at radius 1 is 1.25 bits per heavy atom. The Morgan fingerprint density at radius 3 is 2.75 bits per heavy atom. The van der Waals surface area contributed by atoms with Crippen molar-refractivity contribution in [3.63, 3.8) is 0 Å². The predicted octanol–water partition coefficient (Wildman–Crippen LogP) is 3.20. The lowest BCUT2D eigenvalue weighted by Gasteiger charge is -2.07. The van der Waals surface area contributed by atoms with Crippen molar-refractivity contribution in [2.24, 2.45) is 0 Å². The minimum atomic E-state index is -0.0418. The Bertz CT molecular complexity index is 773. The van der Waals surface area contributed by atoms with Crippen LogP contribution in [0, 0.1) is 6.92 Å². The van der Waals surface area contributed by atoms with Crippen molar-refractivity contribution in [3.05, 3.63) is 77.8 Å². The van der Waals surface area contributed by atoms with Crippen LogP contribution in [0.1, 0.15) is 33.9 Å². The van der Waals surface area contributed by atoms with Gasteiger partial charge >= 0.3 is 0 Å². The Kier molecular flexibility index (Phi) is 5.11. The molecule has 24 heavy (non-hydrogen) atoms. The highest BCUT2D eigenvalue weighted by atomic mass is 16.3. The van der Waals surface area contributed by atoms with Gasteiger partial charge in [-0.1, -0.05) is 12.1 Å². The molecule has 2 aromatic heterocycles. The van der Waals surface area contributed by atoms with E-state index in [1.54, 1.807) is 12.5 Å². The second kappa shape index (κ2) is 7.64. The number of amides is 1. The summed E-state index contributed by atoms with van der Waals surface area (Å²) in [7, 11) is 0. The summed E-state index contributed by atoms with van der Waals surface area (Å²) in [5.74, 6) is 1.89. The normalized spacial score (nSPS) is 10.7. The first-order chi connectivity index (χ1) is 11.7. The molecular formula is C19H21N3O2. The van der Waals surface area contributed by atoms with E-state index in [9.17, 15) is 4.79 Å². The first kappa shape index (κ1) is 16.1. The Morgan fingerprint density at radius 2 is 2.08 bits per heavy atom. The van der Waals surface area contributed by atoms with E-state index < -0.39 is 0 Å². The minimum Gasteiger partial charge on any atom is -0.469 e. The zero-order valence-electron chi connectivity index (χ0n) is 13.7. The first-order valence-corrected chi connectivity index (χ1v) is 8.09. The average Bonchev–Trinajstić information content (AvgIpc) is 3.25. The summed E-state index contributed by atoms with van der Waals surface area (Å²) in [6.07, 6.45) is 7.10. The van der Waals surface area contributed by atoms with E-state index in [1.807, 2.05) is 49.5 Å². The number of imidazole rings is 1. The van der Waals surface area contributed by atoms with Crippen molar-refractivity contribution in [2.45, 2.75) is 26.3 Å². The number of benzene rings is 1. The fourth-order valence-electron chi connectivity index (χ4n) is 2.55. The number of aromatic nitrogens is 2. The quantitative estimate of drug-likeness (QED) is 0.679. The number of hydrogen-bond acceptors (Lipinski definition) is 3. The molecule has 0 fully saturated rings. The van der Waals surface area contributed by atoms with E-state index in [0.717, 1.165) is 36.5 Å². The molecule has 0 atom stereocenters. The topological polar surface area (TPSA) is 60.1 Å². The molecule has 0 bridgehead atoms. The van der Waals surface area contributed by atoms with Gasteiger partial charge < -0.3 is 14.3 Å². The van der Waals surface area contributed by atoms with Gasteiger partial charge in [0.1, 0.15) is 11.6 Å². The molecule has 3 aromatic rings. The standard InChI is InChI=1S/C19H21N3O2/c1-15-20-11-12-22(15)14-16-6-8-17(9-7-16)19(23)21-10-2-4-18-5-3-13-24-18/h3,5-9,11-13H,2,4,10,14H2,1H3,(H,21,23). The van der Waals surface area contributed by atoms with Crippen LogP contribution in [0.15, 0.2) is 59.5 Å². The molecule has 2 heterocycles. The molecule has 0 radical (unpaired) electrons. The van der Waals surface area contributed by atoms with Crippen LogP contribution in [0.2, 0.25) is 0 Å². The minimum absolute atomic E-state index is 0.0418. The first-order valence-electron chi connectivity index (χ1n) is 8.09. The van der Waals surface area contributed by atoms with E-state index in [1.165, 1.54) is 0 Å². The van der Waals surface area contributed by atoms with Gasteiger partial charge in [0.15, 0.2) is 0 Å². The molecule has 1 aromatic carbocycles. The Balaban J connectivity index is 1.47.